The second-order valence-electron chi connectivity index (χ2n) is 8.27. The van der Waals surface area contributed by atoms with Gasteiger partial charge in [0, 0.05) is 11.3 Å². The molecule has 0 saturated heterocycles. The maximum absolute atomic E-state index is 12.8. The Morgan fingerprint density at radius 2 is 1.78 bits per heavy atom. The number of hydrogen-bond donors (Lipinski definition) is 2. The molecule has 3 rings (SSSR count). The number of aliphatic hydroxyl groups excluding tert-OH is 1. The normalized spacial score (nSPS) is 10.9. The summed E-state index contributed by atoms with van der Waals surface area (Å²) in [6, 6.07) is 19.3. The van der Waals surface area contributed by atoms with Crippen LogP contribution in [0.5, 0.6) is 5.75 Å². The molecule has 5 nitrogen and oxygen atoms in total. The average Bonchev–Trinajstić information content (AvgIpc) is 2.79. The number of aliphatic hydroxyl groups is 1. The summed E-state index contributed by atoms with van der Waals surface area (Å²) in [4.78, 5) is 15.0. The van der Waals surface area contributed by atoms with Crippen molar-refractivity contribution in [2.45, 2.75) is 26.4 Å². The van der Waals surface area contributed by atoms with Gasteiger partial charge in [0.1, 0.15) is 5.75 Å². The van der Waals surface area contributed by atoms with Crippen molar-refractivity contribution >= 4 is 11.6 Å². The van der Waals surface area contributed by atoms with Crippen molar-refractivity contribution < 1.29 is 14.6 Å². The zero-order valence-corrected chi connectivity index (χ0v) is 19.3. The van der Waals surface area contributed by atoms with Crippen LogP contribution in [0, 0.1) is 6.92 Å². The predicted molar refractivity (Wildman–Crippen MR) is 130 cm³/mol. The Morgan fingerprint density at radius 3 is 2.41 bits per heavy atom. The van der Waals surface area contributed by atoms with E-state index in [-0.39, 0.29) is 12.5 Å². The number of hydrogen-bond acceptors (Lipinski definition) is 4. The number of ether oxygens (including phenoxy) is 1. The lowest BCUT2D eigenvalue weighted by atomic mass is 9.98. The third-order valence-electron chi connectivity index (χ3n) is 5.52. The van der Waals surface area contributed by atoms with Gasteiger partial charge in [-0.05, 0) is 98.6 Å². The lowest BCUT2D eigenvalue weighted by Gasteiger charge is -2.13. The standard InChI is InChI=1S/C27H32N2O3/c1-19-16-20(18-30)7-13-25(19)21-8-11-24(12-9-21)28-27(31)23-10-14-26(32-4)22(17-23)6-5-15-29(2)3/h7-14,16-17,30H,5-6,15,18H2,1-4H3,(H,28,31). The monoisotopic (exact) mass is 432 g/mol. The van der Waals surface area contributed by atoms with Crippen LogP contribution in [-0.4, -0.2) is 43.7 Å². The first-order valence-electron chi connectivity index (χ1n) is 10.8. The highest BCUT2D eigenvalue weighted by Gasteiger charge is 2.11. The van der Waals surface area contributed by atoms with Crippen molar-refractivity contribution in [3.05, 3.63) is 82.9 Å². The van der Waals surface area contributed by atoms with E-state index in [4.69, 9.17) is 4.74 Å². The number of methoxy groups -OCH3 is 1. The molecule has 0 bridgehead atoms. The van der Waals surface area contributed by atoms with Crippen LogP contribution in [0.25, 0.3) is 11.1 Å². The van der Waals surface area contributed by atoms with Crippen molar-refractivity contribution in [3.8, 4) is 16.9 Å². The molecule has 0 saturated carbocycles. The lowest BCUT2D eigenvalue weighted by molar-refractivity contribution is 0.102. The molecule has 0 radical (unpaired) electrons. The van der Waals surface area contributed by atoms with Crippen LogP contribution in [0.4, 0.5) is 5.69 Å². The molecule has 168 valence electrons. The summed E-state index contributed by atoms with van der Waals surface area (Å²) in [7, 11) is 5.76. The fourth-order valence-corrected chi connectivity index (χ4v) is 3.79. The van der Waals surface area contributed by atoms with Crippen molar-refractivity contribution in [2.75, 3.05) is 33.1 Å². The van der Waals surface area contributed by atoms with Gasteiger partial charge in [-0.1, -0.05) is 30.3 Å². The Labute approximate surface area is 190 Å². The summed E-state index contributed by atoms with van der Waals surface area (Å²) in [5.74, 6) is 0.671. The van der Waals surface area contributed by atoms with Crippen molar-refractivity contribution in [2.24, 2.45) is 0 Å². The van der Waals surface area contributed by atoms with E-state index >= 15 is 0 Å². The zero-order valence-electron chi connectivity index (χ0n) is 19.3. The average molecular weight is 433 g/mol. The number of nitrogens with one attached hydrogen (secondary N) is 1. The Hall–Kier alpha value is -3.15. The maximum Gasteiger partial charge on any atom is 0.255 e. The van der Waals surface area contributed by atoms with Crippen LogP contribution >= 0.6 is 0 Å². The molecule has 2 N–H and O–H groups in total. The number of anilines is 1. The highest BCUT2D eigenvalue weighted by atomic mass is 16.5. The number of amides is 1. The fourth-order valence-electron chi connectivity index (χ4n) is 3.79. The molecular weight excluding hydrogens is 400 g/mol. The molecule has 0 aliphatic rings. The van der Waals surface area contributed by atoms with Gasteiger partial charge >= 0.3 is 0 Å². The molecule has 0 spiro atoms. The second kappa shape index (κ2) is 10.9. The lowest BCUT2D eigenvalue weighted by Crippen LogP contribution is -2.14. The van der Waals surface area contributed by atoms with Gasteiger partial charge in [0.25, 0.3) is 5.91 Å². The van der Waals surface area contributed by atoms with E-state index in [1.54, 1.807) is 13.2 Å². The predicted octanol–water partition coefficient (Wildman–Crippen LogP) is 4.91. The van der Waals surface area contributed by atoms with Crippen LogP contribution in [0.15, 0.2) is 60.7 Å². The Bertz CT molecular complexity index is 1060. The summed E-state index contributed by atoms with van der Waals surface area (Å²) < 4.78 is 5.48. The first-order chi connectivity index (χ1) is 15.4. The minimum atomic E-state index is -0.141. The molecule has 0 atom stereocenters. The summed E-state index contributed by atoms with van der Waals surface area (Å²) in [6.07, 6.45) is 1.85. The van der Waals surface area contributed by atoms with Crippen LogP contribution in [-0.2, 0) is 13.0 Å². The Morgan fingerprint density at radius 1 is 1.03 bits per heavy atom. The minimum absolute atomic E-state index is 0.0365. The van der Waals surface area contributed by atoms with Crippen LogP contribution < -0.4 is 10.1 Å². The molecule has 3 aromatic rings. The van der Waals surface area contributed by atoms with Gasteiger partial charge in [-0.25, -0.2) is 0 Å². The number of aryl methyl sites for hydroxylation is 2. The summed E-state index contributed by atoms with van der Waals surface area (Å²) in [5, 5.41) is 12.3. The van der Waals surface area contributed by atoms with E-state index in [0.717, 1.165) is 58.6 Å². The van der Waals surface area contributed by atoms with Gasteiger partial charge in [-0.15, -0.1) is 0 Å². The van der Waals surface area contributed by atoms with Gasteiger partial charge in [-0.2, -0.15) is 0 Å². The zero-order chi connectivity index (χ0) is 23.1. The minimum Gasteiger partial charge on any atom is -0.496 e. The highest BCUT2D eigenvalue weighted by Crippen LogP contribution is 2.26. The Balaban J connectivity index is 1.71. The molecule has 0 heterocycles. The molecule has 32 heavy (non-hydrogen) atoms. The van der Waals surface area contributed by atoms with E-state index in [2.05, 4.69) is 24.3 Å². The molecule has 0 aliphatic carbocycles. The van der Waals surface area contributed by atoms with Crippen molar-refractivity contribution in [3.63, 3.8) is 0 Å². The maximum atomic E-state index is 12.8. The number of benzene rings is 3. The molecule has 0 fully saturated rings. The number of nitrogens with zero attached hydrogens (tertiary/aromatic N) is 1. The summed E-state index contributed by atoms with van der Waals surface area (Å²) in [6.45, 7) is 3.05. The van der Waals surface area contributed by atoms with Gasteiger partial charge in [-0.3, -0.25) is 4.79 Å². The Kier molecular flexibility index (Phi) is 8.03. The number of carbonyl (C=O) groups is 1. The second-order valence-corrected chi connectivity index (χ2v) is 8.27. The summed E-state index contributed by atoms with van der Waals surface area (Å²) >= 11 is 0. The van der Waals surface area contributed by atoms with E-state index in [1.165, 1.54) is 0 Å². The molecule has 1 amide bonds. The van der Waals surface area contributed by atoms with E-state index < -0.39 is 0 Å². The first kappa shape index (κ1) is 23.5. The molecule has 5 heteroatoms. The third kappa shape index (κ3) is 5.96. The van der Waals surface area contributed by atoms with Crippen molar-refractivity contribution in [1.82, 2.24) is 4.90 Å². The fraction of sp³-hybridized carbons (Fsp3) is 0.296. The van der Waals surface area contributed by atoms with Gasteiger partial charge in [0.05, 0.1) is 13.7 Å². The van der Waals surface area contributed by atoms with Gasteiger partial charge in [0.2, 0.25) is 0 Å². The number of carbonyl (C=O) groups excluding carboxylic acids is 1. The van der Waals surface area contributed by atoms with Crippen LogP contribution in [0.1, 0.15) is 33.5 Å². The summed E-state index contributed by atoms with van der Waals surface area (Å²) in [5.41, 5.74) is 6.58. The molecule has 0 aromatic heterocycles. The van der Waals surface area contributed by atoms with Gasteiger partial charge in [0.15, 0.2) is 0 Å². The van der Waals surface area contributed by atoms with E-state index in [0.29, 0.717) is 5.56 Å². The SMILES string of the molecule is COc1ccc(C(=O)Nc2ccc(-c3ccc(CO)cc3C)cc2)cc1CCCN(C)C. The van der Waals surface area contributed by atoms with E-state index in [9.17, 15) is 9.90 Å². The third-order valence-corrected chi connectivity index (χ3v) is 5.52. The van der Waals surface area contributed by atoms with E-state index in [1.807, 2.05) is 61.5 Å². The van der Waals surface area contributed by atoms with Crippen LogP contribution in [0.3, 0.4) is 0 Å². The molecular formula is C27H32N2O3. The quantitative estimate of drug-likeness (QED) is 0.504. The molecule has 3 aromatic carbocycles. The van der Waals surface area contributed by atoms with Crippen molar-refractivity contribution in [1.29, 1.82) is 0 Å². The van der Waals surface area contributed by atoms with Crippen LogP contribution in [0.2, 0.25) is 0 Å². The highest BCUT2D eigenvalue weighted by molar-refractivity contribution is 6.04. The number of rotatable bonds is 9. The molecule has 0 aliphatic heterocycles. The van der Waals surface area contributed by atoms with Gasteiger partial charge < -0.3 is 20.1 Å². The smallest absolute Gasteiger partial charge is 0.255 e. The first-order valence-corrected chi connectivity index (χ1v) is 10.8. The topological polar surface area (TPSA) is 61.8 Å². The molecule has 0 unspecified atom stereocenters. The largest absolute Gasteiger partial charge is 0.496 e.